The van der Waals surface area contributed by atoms with E-state index in [1.54, 1.807) is 19.1 Å². The van der Waals surface area contributed by atoms with Gasteiger partial charge in [0, 0.05) is 30.4 Å². The highest BCUT2D eigenvalue weighted by atomic mass is 16.2. The van der Waals surface area contributed by atoms with Crippen LogP contribution < -0.4 is 11.1 Å². The lowest BCUT2D eigenvalue weighted by Crippen LogP contribution is -2.34. The molecule has 1 aromatic rings. The molecule has 1 aromatic carbocycles. The summed E-state index contributed by atoms with van der Waals surface area (Å²) in [6.45, 7) is 7.19. The van der Waals surface area contributed by atoms with Crippen LogP contribution in [0.15, 0.2) is 18.2 Å². The van der Waals surface area contributed by atoms with Crippen LogP contribution in [-0.4, -0.2) is 35.8 Å². The summed E-state index contributed by atoms with van der Waals surface area (Å²) >= 11 is 0. The van der Waals surface area contributed by atoms with E-state index in [2.05, 4.69) is 5.32 Å². The molecule has 2 unspecified atom stereocenters. The Bertz CT molecular complexity index is 563. The summed E-state index contributed by atoms with van der Waals surface area (Å²) in [6.07, 6.45) is 2.15. The number of likely N-dealkylation sites (tertiary alicyclic amines) is 1. The number of nitrogens with two attached hydrogens (primary N) is 1. The zero-order valence-corrected chi connectivity index (χ0v) is 13.6. The SMILES string of the molecule is Cc1cc(C(=O)N2CCCC2)ccc1NC(=O)C(C)C(C)N. The predicted octanol–water partition coefficient (Wildman–Crippen LogP) is 2.15. The Morgan fingerprint density at radius 2 is 1.86 bits per heavy atom. The summed E-state index contributed by atoms with van der Waals surface area (Å²) in [5.41, 5.74) is 8.05. The molecule has 0 saturated carbocycles. The number of amides is 2. The van der Waals surface area contributed by atoms with Crippen molar-refractivity contribution in [1.29, 1.82) is 0 Å². The molecule has 0 aliphatic carbocycles. The highest BCUT2D eigenvalue weighted by Gasteiger charge is 2.21. The van der Waals surface area contributed by atoms with Gasteiger partial charge in [-0.2, -0.15) is 0 Å². The summed E-state index contributed by atoms with van der Waals surface area (Å²) < 4.78 is 0. The minimum Gasteiger partial charge on any atom is -0.339 e. The van der Waals surface area contributed by atoms with Gasteiger partial charge in [-0.15, -0.1) is 0 Å². The van der Waals surface area contributed by atoms with Crippen molar-refractivity contribution in [3.05, 3.63) is 29.3 Å². The second-order valence-electron chi connectivity index (χ2n) is 6.17. The van der Waals surface area contributed by atoms with E-state index in [9.17, 15) is 9.59 Å². The first-order chi connectivity index (χ1) is 10.4. The van der Waals surface area contributed by atoms with Gasteiger partial charge < -0.3 is 16.0 Å². The molecule has 3 N–H and O–H groups in total. The number of anilines is 1. The predicted molar refractivity (Wildman–Crippen MR) is 87.8 cm³/mol. The molecule has 1 aliphatic heterocycles. The van der Waals surface area contributed by atoms with Crippen LogP contribution in [0.1, 0.15) is 42.6 Å². The minimum atomic E-state index is -0.259. The summed E-state index contributed by atoms with van der Waals surface area (Å²) in [4.78, 5) is 26.3. The first-order valence-corrected chi connectivity index (χ1v) is 7.86. The standard InChI is InChI=1S/C17H25N3O2/c1-11-10-14(17(22)20-8-4-5-9-20)6-7-15(11)19-16(21)12(2)13(3)18/h6-7,10,12-13H,4-5,8-9,18H2,1-3H3,(H,19,21). The molecule has 120 valence electrons. The number of hydrogen-bond donors (Lipinski definition) is 2. The van der Waals surface area contributed by atoms with Crippen molar-refractivity contribution in [1.82, 2.24) is 4.90 Å². The molecule has 2 atom stereocenters. The second kappa shape index (κ2) is 6.92. The molecule has 0 aromatic heterocycles. The Labute approximate surface area is 131 Å². The first kappa shape index (κ1) is 16.5. The summed E-state index contributed by atoms with van der Waals surface area (Å²) in [6, 6.07) is 5.22. The summed E-state index contributed by atoms with van der Waals surface area (Å²) in [7, 11) is 0. The zero-order chi connectivity index (χ0) is 16.3. The van der Waals surface area contributed by atoms with Crippen molar-refractivity contribution in [2.45, 2.75) is 39.7 Å². The van der Waals surface area contributed by atoms with Gasteiger partial charge in [-0.1, -0.05) is 6.92 Å². The van der Waals surface area contributed by atoms with Gasteiger partial charge in [0.15, 0.2) is 0 Å². The Morgan fingerprint density at radius 1 is 1.23 bits per heavy atom. The molecule has 1 aliphatic rings. The molecule has 5 nitrogen and oxygen atoms in total. The van der Waals surface area contributed by atoms with Gasteiger partial charge in [0.05, 0.1) is 5.92 Å². The van der Waals surface area contributed by atoms with Crippen molar-refractivity contribution in [3.8, 4) is 0 Å². The maximum atomic E-state index is 12.4. The molecule has 0 radical (unpaired) electrons. The van der Waals surface area contributed by atoms with Crippen LogP contribution in [0.3, 0.4) is 0 Å². The number of nitrogens with one attached hydrogen (secondary N) is 1. The van der Waals surface area contributed by atoms with E-state index in [1.165, 1.54) is 0 Å². The fraction of sp³-hybridized carbons (Fsp3) is 0.529. The van der Waals surface area contributed by atoms with Crippen LogP contribution in [-0.2, 0) is 4.79 Å². The summed E-state index contributed by atoms with van der Waals surface area (Å²) in [5, 5.41) is 2.88. The Balaban J connectivity index is 2.09. The normalized spacial score (nSPS) is 17.2. The van der Waals surface area contributed by atoms with Crippen LogP contribution >= 0.6 is 0 Å². The smallest absolute Gasteiger partial charge is 0.253 e. The summed E-state index contributed by atoms with van der Waals surface area (Å²) in [5.74, 6) is -0.288. The van der Waals surface area contributed by atoms with Gasteiger partial charge in [-0.05, 0) is 50.5 Å². The van der Waals surface area contributed by atoms with Gasteiger partial charge in [-0.25, -0.2) is 0 Å². The lowest BCUT2D eigenvalue weighted by molar-refractivity contribution is -0.119. The van der Waals surface area contributed by atoms with Crippen LogP contribution in [0.4, 0.5) is 5.69 Å². The number of rotatable bonds is 4. The third-order valence-corrected chi connectivity index (χ3v) is 4.33. The molecule has 0 spiro atoms. The van der Waals surface area contributed by atoms with E-state index in [0.717, 1.165) is 37.2 Å². The van der Waals surface area contributed by atoms with Gasteiger partial charge in [0.1, 0.15) is 0 Å². The van der Waals surface area contributed by atoms with Crippen LogP contribution in [0, 0.1) is 12.8 Å². The molecule has 2 rings (SSSR count). The number of carbonyl (C=O) groups excluding carboxylic acids is 2. The van der Waals surface area contributed by atoms with E-state index < -0.39 is 0 Å². The zero-order valence-electron chi connectivity index (χ0n) is 13.6. The van der Waals surface area contributed by atoms with Gasteiger partial charge in [0.2, 0.25) is 5.91 Å². The number of nitrogens with zero attached hydrogens (tertiary/aromatic N) is 1. The van der Waals surface area contributed by atoms with Crippen molar-refractivity contribution in [3.63, 3.8) is 0 Å². The molecule has 0 bridgehead atoms. The molecule has 5 heteroatoms. The monoisotopic (exact) mass is 303 g/mol. The quantitative estimate of drug-likeness (QED) is 0.895. The first-order valence-electron chi connectivity index (χ1n) is 7.86. The Kier molecular flexibility index (Phi) is 5.19. The van der Waals surface area contributed by atoms with Crippen LogP contribution in [0.25, 0.3) is 0 Å². The van der Waals surface area contributed by atoms with Crippen molar-refractivity contribution in [2.24, 2.45) is 11.7 Å². The molecule has 1 fully saturated rings. The van der Waals surface area contributed by atoms with E-state index in [1.807, 2.05) is 24.8 Å². The fourth-order valence-electron chi connectivity index (χ4n) is 2.53. The molecule has 1 saturated heterocycles. The van der Waals surface area contributed by atoms with Gasteiger partial charge in [-0.3, -0.25) is 9.59 Å². The van der Waals surface area contributed by atoms with Gasteiger partial charge >= 0.3 is 0 Å². The largest absolute Gasteiger partial charge is 0.339 e. The maximum Gasteiger partial charge on any atom is 0.253 e. The Morgan fingerprint density at radius 3 is 2.41 bits per heavy atom. The molecular formula is C17H25N3O2. The lowest BCUT2D eigenvalue weighted by Gasteiger charge is -2.18. The minimum absolute atomic E-state index is 0.0717. The molecular weight excluding hydrogens is 278 g/mol. The van der Waals surface area contributed by atoms with E-state index in [4.69, 9.17) is 5.73 Å². The topological polar surface area (TPSA) is 75.4 Å². The van der Waals surface area contributed by atoms with Crippen LogP contribution in [0.2, 0.25) is 0 Å². The van der Waals surface area contributed by atoms with Crippen molar-refractivity contribution >= 4 is 17.5 Å². The molecule has 22 heavy (non-hydrogen) atoms. The molecule has 1 heterocycles. The number of benzene rings is 1. The third kappa shape index (κ3) is 3.65. The fourth-order valence-corrected chi connectivity index (χ4v) is 2.53. The third-order valence-electron chi connectivity index (χ3n) is 4.33. The van der Waals surface area contributed by atoms with Crippen LogP contribution in [0.5, 0.6) is 0 Å². The number of carbonyl (C=O) groups is 2. The average Bonchev–Trinajstić information content (AvgIpc) is 3.01. The van der Waals surface area contributed by atoms with Gasteiger partial charge in [0.25, 0.3) is 5.91 Å². The lowest BCUT2D eigenvalue weighted by atomic mass is 10.0. The van der Waals surface area contributed by atoms with Crippen molar-refractivity contribution < 1.29 is 9.59 Å². The maximum absolute atomic E-state index is 12.4. The highest BCUT2D eigenvalue weighted by molar-refractivity contribution is 5.97. The van der Waals surface area contributed by atoms with E-state index in [0.29, 0.717) is 5.56 Å². The number of aryl methyl sites for hydroxylation is 1. The van der Waals surface area contributed by atoms with E-state index in [-0.39, 0.29) is 23.8 Å². The number of hydrogen-bond acceptors (Lipinski definition) is 3. The average molecular weight is 303 g/mol. The molecule has 2 amide bonds. The highest BCUT2D eigenvalue weighted by Crippen LogP contribution is 2.20. The van der Waals surface area contributed by atoms with Crippen molar-refractivity contribution in [2.75, 3.05) is 18.4 Å². The Hall–Kier alpha value is -1.88. The van der Waals surface area contributed by atoms with E-state index >= 15 is 0 Å². The second-order valence-corrected chi connectivity index (χ2v) is 6.17.